The molecule has 0 aliphatic heterocycles. The van der Waals surface area contributed by atoms with Crippen LogP contribution in [0.5, 0.6) is 0 Å². The number of carbonyl (C=O) groups excluding carboxylic acids is 1. The summed E-state index contributed by atoms with van der Waals surface area (Å²) in [6, 6.07) is 0. The van der Waals surface area contributed by atoms with Crippen LogP contribution in [-0.4, -0.2) is 46.2 Å². The van der Waals surface area contributed by atoms with Gasteiger partial charge in [-0.15, -0.1) is 0 Å². The van der Waals surface area contributed by atoms with Crippen molar-refractivity contribution in [1.82, 2.24) is 0 Å². The molecule has 3 saturated carbocycles. The van der Waals surface area contributed by atoms with Crippen LogP contribution in [0.15, 0.2) is 47.6 Å². The lowest BCUT2D eigenvalue weighted by Crippen LogP contribution is -2.38. The predicted molar refractivity (Wildman–Crippen MR) is 149 cm³/mol. The Bertz CT molecular complexity index is 925. The maximum Gasteiger partial charge on any atom is 0.314 e. The summed E-state index contributed by atoms with van der Waals surface area (Å²) in [5, 5.41) is 31.1. The minimum Gasteiger partial charge on any atom is -0.465 e. The molecule has 0 aromatic carbocycles. The molecule has 0 heterocycles. The van der Waals surface area contributed by atoms with Gasteiger partial charge in [0.1, 0.15) is 0 Å². The summed E-state index contributed by atoms with van der Waals surface area (Å²) in [7, 11) is 0. The Morgan fingerprint density at radius 2 is 1.89 bits per heavy atom. The van der Waals surface area contributed by atoms with Crippen LogP contribution < -0.4 is 0 Å². The summed E-state index contributed by atoms with van der Waals surface area (Å²) in [4.78, 5) is 12.6. The normalized spacial score (nSPS) is 34.8. The quantitative estimate of drug-likeness (QED) is 0.277. The second-order valence-corrected chi connectivity index (χ2v) is 13.1. The molecular weight excluding hydrogens is 464 g/mol. The number of hydrogen-bond acceptors (Lipinski definition) is 5. The third kappa shape index (κ3) is 6.66. The van der Waals surface area contributed by atoms with Crippen molar-refractivity contribution in [2.24, 2.45) is 34.5 Å². The second-order valence-electron chi connectivity index (χ2n) is 13.1. The average Bonchev–Trinajstić information content (AvgIpc) is 3.19. The fourth-order valence-electron chi connectivity index (χ4n) is 6.81. The van der Waals surface area contributed by atoms with Gasteiger partial charge >= 0.3 is 5.97 Å². The van der Waals surface area contributed by atoms with Gasteiger partial charge in [0.15, 0.2) is 0 Å². The maximum absolute atomic E-state index is 12.6. The first kappa shape index (κ1) is 29.9. The molecule has 0 saturated heterocycles. The zero-order valence-corrected chi connectivity index (χ0v) is 23.9. The van der Waals surface area contributed by atoms with E-state index in [9.17, 15) is 20.1 Å². The lowest BCUT2D eigenvalue weighted by Gasteiger charge is -2.44. The molecule has 3 fully saturated rings. The highest BCUT2D eigenvalue weighted by molar-refractivity contribution is 5.77. The number of aliphatic hydroxyl groups excluding tert-OH is 3. The first-order valence-electron chi connectivity index (χ1n) is 14.3. The van der Waals surface area contributed by atoms with Crippen molar-refractivity contribution in [3.63, 3.8) is 0 Å². The molecule has 5 heteroatoms. The monoisotopic (exact) mass is 514 g/mol. The van der Waals surface area contributed by atoms with Crippen molar-refractivity contribution in [3.05, 3.63) is 47.6 Å². The molecule has 7 atom stereocenters. The third-order valence-corrected chi connectivity index (χ3v) is 9.35. The first-order chi connectivity index (χ1) is 17.3. The molecule has 0 aromatic heterocycles. The van der Waals surface area contributed by atoms with Crippen LogP contribution in [0.2, 0.25) is 0 Å². The molecule has 208 valence electrons. The van der Waals surface area contributed by atoms with E-state index in [1.807, 2.05) is 13.8 Å². The first-order valence-corrected chi connectivity index (χ1v) is 14.3. The standard InChI is InChI=1S/C32H50O5/c1-20(2)19-37-30(36)31(5,6)29(35)15-10-21(3)26-13-14-27-23(9-8-16-32(26,27)7)11-12-24-17-25(33)18-28(34)22(24)4/h10-12,15,20-21,25-29,33-35H,4,8-9,13-14,16-19H2,1-3,5-7H3/b15-10+,23-11+,24-12-/t21-,25-,26-,27+,28+,29+,32-/m1/s1. The molecule has 0 spiro atoms. The highest BCUT2D eigenvalue weighted by Crippen LogP contribution is 2.59. The van der Waals surface area contributed by atoms with Crippen molar-refractivity contribution in [2.45, 2.75) is 105 Å². The van der Waals surface area contributed by atoms with E-state index in [1.165, 1.54) is 12.0 Å². The lowest BCUT2D eigenvalue weighted by molar-refractivity contribution is -0.159. The minimum atomic E-state index is -0.994. The zero-order chi connectivity index (χ0) is 27.5. The fraction of sp³-hybridized carbons (Fsp3) is 0.719. The number of allylic oxidation sites excluding steroid dienone is 4. The largest absolute Gasteiger partial charge is 0.465 e. The summed E-state index contributed by atoms with van der Waals surface area (Å²) in [5.41, 5.74) is 2.35. The van der Waals surface area contributed by atoms with Gasteiger partial charge in [0.05, 0.1) is 30.3 Å². The van der Waals surface area contributed by atoms with Gasteiger partial charge < -0.3 is 20.1 Å². The molecule has 0 aromatic rings. The molecule has 0 unspecified atom stereocenters. The van der Waals surface area contributed by atoms with Crippen LogP contribution in [0.3, 0.4) is 0 Å². The topological polar surface area (TPSA) is 87.0 Å². The highest BCUT2D eigenvalue weighted by Gasteiger charge is 2.50. The van der Waals surface area contributed by atoms with Gasteiger partial charge in [-0.1, -0.05) is 64.2 Å². The van der Waals surface area contributed by atoms with E-state index < -0.39 is 23.7 Å². The summed E-state index contributed by atoms with van der Waals surface area (Å²) >= 11 is 0. The van der Waals surface area contributed by atoms with Gasteiger partial charge in [-0.3, -0.25) is 4.79 Å². The van der Waals surface area contributed by atoms with Crippen LogP contribution >= 0.6 is 0 Å². The van der Waals surface area contributed by atoms with Gasteiger partial charge in [-0.05, 0) is 92.6 Å². The van der Waals surface area contributed by atoms with Crippen LogP contribution in [0.1, 0.15) is 86.5 Å². The number of ether oxygens (including phenoxy) is 1. The van der Waals surface area contributed by atoms with E-state index >= 15 is 0 Å². The summed E-state index contributed by atoms with van der Waals surface area (Å²) in [5.74, 6) is 1.19. The van der Waals surface area contributed by atoms with Crippen molar-refractivity contribution >= 4 is 5.97 Å². The van der Waals surface area contributed by atoms with Crippen LogP contribution in [-0.2, 0) is 9.53 Å². The van der Waals surface area contributed by atoms with Crippen LogP contribution in [0.4, 0.5) is 0 Å². The Morgan fingerprint density at radius 1 is 1.19 bits per heavy atom. The molecule has 0 bridgehead atoms. The van der Waals surface area contributed by atoms with Gasteiger partial charge in [0, 0.05) is 6.42 Å². The molecule has 3 aliphatic rings. The van der Waals surface area contributed by atoms with Gasteiger partial charge in [0.25, 0.3) is 0 Å². The number of aliphatic hydroxyl groups is 3. The Balaban J connectivity index is 1.70. The number of esters is 1. The Morgan fingerprint density at radius 3 is 2.57 bits per heavy atom. The molecule has 3 N–H and O–H groups in total. The molecular formula is C32H50O5. The lowest BCUT2D eigenvalue weighted by atomic mass is 9.61. The van der Waals surface area contributed by atoms with E-state index in [4.69, 9.17) is 4.74 Å². The van der Waals surface area contributed by atoms with Crippen LogP contribution in [0, 0.1) is 34.5 Å². The van der Waals surface area contributed by atoms with Gasteiger partial charge in [-0.2, -0.15) is 0 Å². The summed E-state index contributed by atoms with van der Waals surface area (Å²) < 4.78 is 5.40. The van der Waals surface area contributed by atoms with Gasteiger partial charge in [0.2, 0.25) is 0 Å². The average molecular weight is 515 g/mol. The van der Waals surface area contributed by atoms with E-state index in [0.29, 0.717) is 31.3 Å². The Labute approximate surface area is 224 Å². The third-order valence-electron chi connectivity index (χ3n) is 9.35. The fourth-order valence-corrected chi connectivity index (χ4v) is 6.81. The van der Waals surface area contributed by atoms with Crippen molar-refractivity contribution in [2.75, 3.05) is 6.61 Å². The molecule has 5 nitrogen and oxygen atoms in total. The molecule has 3 rings (SSSR count). The van der Waals surface area contributed by atoms with Gasteiger partial charge in [-0.25, -0.2) is 0 Å². The Kier molecular flexibility index (Phi) is 9.69. The number of hydrogen-bond donors (Lipinski definition) is 3. The number of carbonyl (C=O) groups is 1. The van der Waals surface area contributed by atoms with E-state index in [0.717, 1.165) is 36.8 Å². The molecule has 3 aliphatic carbocycles. The smallest absolute Gasteiger partial charge is 0.314 e. The molecule has 37 heavy (non-hydrogen) atoms. The van der Waals surface area contributed by atoms with Crippen molar-refractivity contribution in [1.29, 1.82) is 0 Å². The van der Waals surface area contributed by atoms with E-state index in [2.05, 4.69) is 38.7 Å². The SMILES string of the molecule is C=C1/C(=C\C=C2/CCC[C@]3(C)[C@@H]([C@H](C)/C=C/[C@H](O)C(C)(C)C(=O)OCC(C)C)CC[C@@H]23)C[C@@H](O)C[C@@H]1O. The number of fused-ring (bicyclic) bond motifs is 1. The van der Waals surface area contributed by atoms with E-state index in [1.54, 1.807) is 19.9 Å². The number of rotatable bonds is 8. The van der Waals surface area contributed by atoms with Crippen LogP contribution in [0.25, 0.3) is 0 Å². The highest BCUT2D eigenvalue weighted by atomic mass is 16.5. The second kappa shape index (κ2) is 12.0. The maximum atomic E-state index is 12.6. The molecule has 0 radical (unpaired) electrons. The summed E-state index contributed by atoms with van der Waals surface area (Å²) in [6.45, 7) is 16.6. The summed E-state index contributed by atoms with van der Waals surface area (Å²) in [6.07, 6.45) is 12.8. The minimum absolute atomic E-state index is 0.186. The van der Waals surface area contributed by atoms with E-state index in [-0.39, 0.29) is 23.2 Å². The van der Waals surface area contributed by atoms with Crippen molar-refractivity contribution < 1.29 is 24.9 Å². The predicted octanol–water partition coefficient (Wildman–Crippen LogP) is 5.91. The molecule has 0 amide bonds. The van der Waals surface area contributed by atoms with Crippen molar-refractivity contribution in [3.8, 4) is 0 Å². The Hall–Kier alpha value is -1.69. The zero-order valence-electron chi connectivity index (χ0n) is 23.9.